The van der Waals surface area contributed by atoms with Crippen molar-refractivity contribution in [3.05, 3.63) is 84.2 Å². The molecular formula is C22H23N3O. The Kier molecular flexibility index (Phi) is 5.32. The largest absolute Gasteiger partial charge is 0.343 e. The summed E-state index contributed by atoms with van der Waals surface area (Å²) in [6, 6.07) is 21.7. The molecule has 132 valence electrons. The van der Waals surface area contributed by atoms with Gasteiger partial charge in [-0.15, -0.1) is 0 Å². The lowest BCUT2D eigenvalue weighted by atomic mass is 10.2. The summed E-state index contributed by atoms with van der Waals surface area (Å²) in [4.78, 5) is 21.1. The zero-order valence-corrected chi connectivity index (χ0v) is 15.4. The number of anilines is 3. The molecule has 0 aliphatic rings. The topological polar surface area (TPSA) is 36.4 Å². The molecule has 0 atom stereocenters. The maximum Gasteiger partial charge on any atom is 0.276 e. The molecule has 26 heavy (non-hydrogen) atoms. The third-order valence-corrected chi connectivity index (χ3v) is 4.37. The van der Waals surface area contributed by atoms with Gasteiger partial charge >= 0.3 is 0 Å². The molecular weight excluding hydrogens is 322 g/mol. The minimum atomic E-state index is -0.0907. The summed E-state index contributed by atoms with van der Waals surface area (Å²) in [5.41, 5.74) is 4.47. The van der Waals surface area contributed by atoms with Crippen LogP contribution in [0.1, 0.15) is 23.0 Å². The van der Waals surface area contributed by atoms with Gasteiger partial charge in [0.2, 0.25) is 0 Å². The number of para-hydroxylation sites is 1. The van der Waals surface area contributed by atoms with E-state index in [9.17, 15) is 4.79 Å². The van der Waals surface area contributed by atoms with Crippen molar-refractivity contribution in [1.82, 2.24) is 4.98 Å². The number of carbonyl (C=O) groups excluding carboxylic acids is 1. The summed E-state index contributed by atoms with van der Waals surface area (Å²) in [5, 5.41) is 0. The highest BCUT2D eigenvalue weighted by atomic mass is 16.2. The van der Waals surface area contributed by atoms with E-state index in [1.807, 2.05) is 86.5 Å². The Labute approximate surface area is 154 Å². The number of aromatic nitrogens is 1. The van der Waals surface area contributed by atoms with E-state index < -0.39 is 0 Å². The molecule has 0 aliphatic carbocycles. The Morgan fingerprint density at radius 1 is 0.923 bits per heavy atom. The van der Waals surface area contributed by atoms with Crippen LogP contribution in [0.2, 0.25) is 0 Å². The lowest BCUT2D eigenvalue weighted by molar-refractivity contribution is 0.0983. The predicted molar refractivity (Wildman–Crippen MR) is 107 cm³/mol. The third kappa shape index (κ3) is 3.75. The summed E-state index contributed by atoms with van der Waals surface area (Å²) in [5.74, 6) is -0.0907. The Bertz CT molecular complexity index is 875. The minimum Gasteiger partial charge on any atom is -0.343 e. The van der Waals surface area contributed by atoms with Crippen LogP contribution in [-0.2, 0) is 0 Å². The van der Waals surface area contributed by atoms with Gasteiger partial charge in [-0.3, -0.25) is 4.79 Å². The van der Waals surface area contributed by atoms with Crippen molar-refractivity contribution in [2.24, 2.45) is 0 Å². The van der Waals surface area contributed by atoms with Gasteiger partial charge in [-0.25, -0.2) is 4.98 Å². The molecule has 0 saturated heterocycles. The lowest BCUT2D eigenvalue weighted by Crippen LogP contribution is -2.31. The molecule has 1 heterocycles. The summed E-state index contributed by atoms with van der Waals surface area (Å²) >= 11 is 0. The number of carbonyl (C=O) groups is 1. The first-order valence-corrected chi connectivity index (χ1v) is 8.73. The molecule has 0 N–H and O–H groups in total. The molecule has 3 rings (SSSR count). The van der Waals surface area contributed by atoms with Gasteiger partial charge in [0.15, 0.2) is 0 Å². The Hall–Kier alpha value is -3.14. The number of aryl methyl sites for hydroxylation is 1. The van der Waals surface area contributed by atoms with Crippen molar-refractivity contribution in [2.45, 2.75) is 13.8 Å². The fraction of sp³-hybridized carbons (Fsp3) is 0.182. The smallest absolute Gasteiger partial charge is 0.276 e. The molecule has 3 aromatic rings. The van der Waals surface area contributed by atoms with Crippen LogP contribution in [0.3, 0.4) is 0 Å². The molecule has 0 aliphatic heterocycles. The highest BCUT2D eigenvalue weighted by molar-refractivity contribution is 6.04. The molecule has 0 fully saturated rings. The van der Waals surface area contributed by atoms with E-state index >= 15 is 0 Å². The fourth-order valence-electron chi connectivity index (χ4n) is 2.89. The van der Waals surface area contributed by atoms with E-state index in [-0.39, 0.29) is 5.91 Å². The van der Waals surface area contributed by atoms with Crippen LogP contribution in [-0.4, -0.2) is 24.5 Å². The SMILES string of the molecule is CCN(C(=O)c1ccc(N(C)c2ccccc2)cn1)c1cccc(C)c1. The van der Waals surface area contributed by atoms with Gasteiger partial charge in [0.05, 0.1) is 11.9 Å². The second-order valence-electron chi connectivity index (χ2n) is 6.18. The van der Waals surface area contributed by atoms with Gasteiger partial charge in [-0.2, -0.15) is 0 Å². The van der Waals surface area contributed by atoms with Crippen molar-refractivity contribution in [3.63, 3.8) is 0 Å². The summed E-state index contributed by atoms with van der Waals surface area (Å²) in [6.07, 6.45) is 1.74. The van der Waals surface area contributed by atoms with Crippen LogP contribution >= 0.6 is 0 Å². The standard InChI is InChI=1S/C22H23N3O/c1-4-25(19-12-8-9-17(2)15-19)22(26)21-14-13-20(16-23-21)24(3)18-10-6-5-7-11-18/h5-16H,4H2,1-3H3. The molecule has 1 amide bonds. The number of amides is 1. The zero-order valence-electron chi connectivity index (χ0n) is 15.4. The van der Waals surface area contributed by atoms with Gasteiger partial charge in [0.1, 0.15) is 5.69 Å². The van der Waals surface area contributed by atoms with E-state index in [0.29, 0.717) is 12.2 Å². The summed E-state index contributed by atoms with van der Waals surface area (Å²) in [6.45, 7) is 4.59. The van der Waals surface area contributed by atoms with Crippen LogP contribution in [0.25, 0.3) is 0 Å². The van der Waals surface area contributed by atoms with Gasteiger partial charge in [-0.05, 0) is 55.8 Å². The van der Waals surface area contributed by atoms with Gasteiger partial charge in [0, 0.05) is 25.0 Å². The van der Waals surface area contributed by atoms with Crippen LogP contribution < -0.4 is 9.80 Å². The number of pyridine rings is 1. The van der Waals surface area contributed by atoms with Crippen molar-refractivity contribution in [2.75, 3.05) is 23.4 Å². The van der Waals surface area contributed by atoms with Crippen LogP contribution in [0.4, 0.5) is 17.1 Å². The maximum atomic E-state index is 12.9. The first kappa shape index (κ1) is 17.7. The third-order valence-electron chi connectivity index (χ3n) is 4.37. The lowest BCUT2D eigenvalue weighted by Gasteiger charge is -2.22. The molecule has 1 aromatic heterocycles. The normalized spacial score (nSPS) is 10.4. The molecule has 0 unspecified atom stereocenters. The molecule has 4 nitrogen and oxygen atoms in total. The number of rotatable bonds is 5. The van der Waals surface area contributed by atoms with Crippen molar-refractivity contribution in [1.29, 1.82) is 0 Å². The first-order valence-electron chi connectivity index (χ1n) is 8.73. The van der Waals surface area contributed by atoms with Crippen molar-refractivity contribution < 1.29 is 4.79 Å². The van der Waals surface area contributed by atoms with E-state index in [4.69, 9.17) is 0 Å². The van der Waals surface area contributed by atoms with Crippen LogP contribution in [0, 0.1) is 6.92 Å². The average Bonchev–Trinajstić information content (AvgIpc) is 2.69. The van der Waals surface area contributed by atoms with E-state index in [0.717, 1.165) is 22.6 Å². The van der Waals surface area contributed by atoms with E-state index in [2.05, 4.69) is 4.98 Å². The highest BCUT2D eigenvalue weighted by Gasteiger charge is 2.17. The minimum absolute atomic E-state index is 0.0907. The van der Waals surface area contributed by atoms with Crippen molar-refractivity contribution in [3.8, 4) is 0 Å². The summed E-state index contributed by atoms with van der Waals surface area (Å²) < 4.78 is 0. The fourth-order valence-corrected chi connectivity index (χ4v) is 2.89. The number of benzene rings is 2. The van der Waals surface area contributed by atoms with Crippen LogP contribution in [0.15, 0.2) is 72.9 Å². The summed E-state index contributed by atoms with van der Waals surface area (Å²) in [7, 11) is 1.99. The Balaban J connectivity index is 1.82. The molecule has 2 aromatic carbocycles. The molecule has 0 radical (unpaired) electrons. The van der Waals surface area contributed by atoms with Crippen LogP contribution in [0.5, 0.6) is 0 Å². The van der Waals surface area contributed by atoms with Crippen molar-refractivity contribution >= 4 is 23.0 Å². The number of hydrogen-bond acceptors (Lipinski definition) is 3. The van der Waals surface area contributed by atoms with Gasteiger partial charge < -0.3 is 9.80 Å². The Morgan fingerprint density at radius 3 is 2.27 bits per heavy atom. The first-order chi connectivity index (χ1) is 12.6. The highest BCUT2D eigenvalue weighted by Crippen LogP contribution is 2.23. The van der Waals surface area contributed by atoms with Gasteiger partial charge in [0.25, 0.3) is 5.91 Å². The monoisotopic (exact) mass is 345 g/mol. The zero-order chi connectivity index (χ0) is 18.5. The second-order valence-corrected chi connectivity index (χ2v) is 6.18. The van der Waals surface area contributed by atoms with E-state index in [1.165, 1.54) is 0 Å². The molecule has 0 saturated carbocycles. The molecule has 4 heteroatoms. The number of nitrogens with zero attached hydrogens (tertiary/aromatic N) is 3. The second kappa shape index (κ2) is 7.83. The van der Waals surface area contributed by atoms with E-state index in [1.54, 1.807) is 17.2 Å². The molecule has 0 bridgehead atoms. The van der Waals surface area contributed by atoms with Gasteiger partial charge in [-0.1, -0.05) is 30.3 Å². The quantitative estimate of drug-likeness (QED) is 0.665. The molecule has 0 spiro atoms. The number of hydrogen-bond donors (Lipinski definition) is 0. The Morgan fingerprint density at radius 2 is 1.65 bits per heavy atom. The predicted octanol–water partition coefficient (Wildman–Crippen LogP) is 4.82. The maximum absolute atomic E-state index is 12.9. The average molecular weight is 345 g/mol.